The largest absolute Gasteiger partial charge is 0.451 e. The first-order valence-corrected chi connectivity index (χ1v) is 31.3. The van der Waals surface area contributed by atoms with Crippen molar-refractivity contribution >= 4 is 94.9 Å². The van der Waals surface area contributed by atoms with Crippen molar-refractivity contribution in [3.63, 3.8) is 0 Å². The molecule has 0 spiro atoms. The van der Waals surface area contributed by atoms with Crippen LogP contribution < -0.4 is 0 Å². The lowest BCUT2D eigenvalue weighted by Gasteiger charge is -1.99. The zero-order valence-electron chi connectivity index (χ0n) is 39.1. The second kappa shape index (κ2) is 36.9. The molecule has 62 heavy (non-hydrogen) atoms. The van der Waals surface area contributed by atoms with Crippen LogP contribution in [-0.4, -0.2) is 177 Å². The predicted molar refractivity (Wildman–Crippen MR) is 246 cm³/mol. The quantitative estimate of drug-likeness (QED) is 0.251. The van der Waals surface area contributed by atoms with E-state index in [9.17, 15) is 54.0 Å². The molecule has 0 aliphatic carbocycles. The molecule has 0 heterocycles. The molecule has 2 atom stereocenters. The molecule has 0 aromatic rings. The van der Waals surface area contributed by atoms with Gasteiger partial charge in [0, 0.05) is 74.1 Å². The van der Waals surface area contributed by atoms with E-state index in [1.54, 1.807) is 27.7 Å². The van der Waals surface area contributed by atoms with Crippen LogP contribution in [0, 0.1) is 0 Å². The maximum Gasteiger partial charge on any atom is 0.441 e. The average Bonchev–Trinajstić information content (AvgIpc) is 3.08. The Bertz CT molecular complexity index is 2090. The molecular weight excluding hydrogens is 949 g/mol. The molecule has 0 saturated heterocycles. The number of hydrogen-bond donors (Lipinski definition) is 0. The molecule has 0 aliphatic heterocycles. The smallest absolute Gasteiger partial charge is 0.441 e. The third kappa shape index (κ3) is 68.3. The first-order chi connectivity index (χ1) is 27.8. The third-order valence-corrected chi connectivity index (χ3v) is 10.1. The molecule has 0 saturated carbocycles. The van der Waals surface area contributed by atoms with Gasteiger partial charge in [0.05, 0.1) is 99.0 Å². The van der Waals surface area contributed by atoms with Crippen LogP contribution in [-0.2, 0) is 86.8 Å². The van der Waals surface area contributed by atoms with Crippen LogP contribution in [0.2, 0.25) is 0 Å². The zero-order chi connectivity index (χ0) is 50.6. The molecule has 24 nitrogen and oxygen atoms in total. The van der Waals surface area contributed by atoms with Crippen molar-refractivity contribution in [1.29, 1.82) is 0 Å². The molecule has 0 radical (unpaired) electrons. The van der Waals surface area contributed by atoms with Crippen molar-refractivity contribution in [2.45, 2.75) is 54.4 Å². The fraction of sp³-hybridized carbons (Fsp3) is 0.812. The highest BCUT2D eigenvalue weighted by Crippen LogP contribution is 1.96. The van der Waals surface area contributed by atoms with E-state index < -0.39 is 94.9 Å². The molecule has 6 amide bonds. The first kappa shape index (κ1) is 70.2. The van der Waals surface area contributed by atoms with Crippen LogP contribution in [0.5, 0.6) is 0 Å². The van der Waals surface area contributed by atoms with E-state index in [0.717, 1.165) is 12.8 Å². The van der Waals surface area contributed by atoms with E-state index in [1.165, 1.54) is 76.8 Å². The fourth-order valence-electron chi connectivity index (χ4n) is 1.97. The van der Waals surface area contributed by atoms with Crippen LogP contribution in [0.3, 0.4) is 0 Å². The summed E-state index contributed by atoms with van der Waals surface area (Å²) >= 11 is 0. The molecule has 30 heteroatoms. The summed E-state index contributed by atoms with van der Waals surface area (Å²) in [4.78, 5) is 63.1. The van der Waals surface area contributed by atoms with Crippen LogP contribution in [0.25, 0.3) is 0 Å². The minimum Gasteiger partial charge on any atom is -0.451 e. The summed E-state index contributed by atoms with van der Waals surface area (Å²) in [7, 11) is -11.7. The lowest BCUT2D eigenvalue weighted by molar-refractivity contribution is 0.157. The van der Waals surface area contributed by atoms with Crippen LogP contribution in [0.4, 0.5) is 28.8 Å². The zero-order valence-corrected chi connectivity index (χ0v) is 44.0. The number of methoxy groups -OCH3 is 2. The summed E-state index contributed by atoms with van der Waals surface area (Å²) in [5.41, 5.74) is 0. The van der Waals surface area contributed by atoms with Gasteiger partial charge >= 0.3 is 36.6 Å². The first-order valence-electron chi connectivity index (χ1n) is 17.8. The second-order valence-corrected chi connectivity index (χ2v) is 27.9. The third-order valence-electron chi connectivity index (χ3n) is 4.53. The van der Waals surface area contributed by atoms with Crippen molar-refractivity contribution in [3.05, 3.63) is 0 Å². The van der Waals surface area contributed by atoms with E-state index in [2.05, 4.69) is 54.6 Å². The van der Waals surface area contributed by atoms with E-state index in [1.807, 2.05) is 13.8 Å². The predicted octanol–water partition coefficient (Wildman–Crippen LogP) is 6.00. The molecular formula is C32H70N6O18S6. The average molecular weight is 1020 g/mol. The molecule has 372 valence electrons. The second-order valence-electron chi connectivity index (χ2n) is 12.3. The van der Waals surface area contributed by atoms with Crippen molar-refractivity contribution in [1.82, 2.24) is 0 Å². The van der Waals surface area contributed by atoms with Crippen molar-refractivity contribution in [2.24, 2.45) is 26.2 Å². The maximum absolute atomic E-state index is 11.3. The van der Waals surface area contributed by atoms with Crippen molar-refractivity contribution in [2.75, 3.05) is 115 Å². The molecule has 0 bridgehead atoms. The monoisotopic (exact) mass is 1020 g/mol. The van der Waals surface area contributed by atoms with Gasteiger partial charge < -0.3 is 28.4 Å². The minimum atomic E-state index is -2.35. The molecule has 0 rings (SSSR count). The highest BCUT2D eigenvalue weighted by atomic mass is 32.2. The highest BCUT2D eigenvalue weighted by Gasteiger charge is 2.05. The maximum atomic E-state index is 11.3. The topological polar surface area (TPSA) is 334 Å². The minimum absolute atomic E-state index is 0.262. The Morgan fingerprint density at radius 1 is 0.355 bits per heavy atom. The fourth-order valence-corrected chi connectivity index (χ4v) is 4.65. The molecule has 0 aliphatic rings. The van der Waals surface area contributed by atoms with Gasteiger partial charge in [-0.3, -0.25) is 0 Å². The SMILES string of the molecule is CCCOC(=O)N=S(C)(=O)CC.CCCOC(=O)N=S(C)(C)=O.CCOC(=O)N=S(C)(=O)CC.CCOC(=O)N=S(C)(C)=O.COC(=O)N=S(C)(C)=O.COC(=O)N=S(C)(C)=O. The summed E-state index contributed by atoms with van der Waals surface area (Å²) in [6, 6.07) is 0. The Labute approximate surface area is 370 Å². The van der Waals surface area contributed by atoms with Gasteiger partial charge in [0.2, 0.25) is 0 Å². The van der Waals surface area contributed by atoms with Gasteiger partial charge in [0.1, 0.15) is 0 Å². The summed E-state index contributed by atoms with van der Waals surface area (Å²) in [5, 5.41) is 0. The Balaban J connectivity index is -0.000000152. The summed E-state index contributed by atoms with van der Waals surface area (Å²) in [5.74, 6) is 0.736. The Morgan fingerprint density at radius 2 is 0.565 bits per heavy atom. The van der Waals surface area contributed by atoms with Gasteiger partial charge in [-0.1, -0.05) is 27.7 Å². The normalized spacial score (nSPS) is 12.3. The van der Waals surface area contributed by atoms with E-state index in [-0.39, 0.29) is 13.2 Å². The van der Waals surface area contributed by atoms with E-state index in [4.69, 9.17) is 0 Å². The Morgan fingerprint density at radius 3 is 0.742 bits per heavy atom. The number of amides is 6. The highest BCUT2D eigenvalue weighted by molar-refractivity contribution is 7.94. The number of carbonyl (C=O) groups is 6. The van der Waals surface area contributed by atoms with Crippen molar-refractivity contribution in [3.8, 4) is 0 Å². The Hall–Kier alpha value is -3.48. The molecule has 0 aromatic carbocycles. The summed E-state index contributed by atoms with van der Waals surface area (Å²) in [6.07, 6.45) is 10.9. The van der Waals surface area contributed by atoms with Crippen LogP contribution >= 0.6 is 0 Å². The van der Waals surface area contributed by atoms with Gasteiger partial charge in [-0.2, -0.15) is 0 Å². The lowest BCUT2D eigenvalue weighted by atomic mass is 10.5. The van der Waals surface area contributed by atoms with Gasteiger partial charge in [-0.05, 0) is 26.7 Å². The standard InChI is InChI=1S/C7H15NO3S.2C6H13NO3S.C5H11NO3S.2C4H9NO3S/c1-4-6-11-7(9)8-12(3,10)5-2;1-4-5-10-6(8)7-11(2,3)9;1-4-10-6(8)7-11(3,9)5-2;1-4-9-5(7)6-10(2,3)8;2*1-8-4(6)5-9(2,3)7/h4-6H2,1-3H3;2*4-5H2,1-3H3;4H2,1-3H3;2*1-3H3. The lowest BCUT2D eigenvalue weighted by Crippen LogP contribution is -2.06. The molecule has 2 unspecified atom stereocenters. The van der Waals surface area contributed by atoms with Gasteiger partial charge in [-0.25, -0.2) is 54.0 Å². The van der Waals surface area contributed by atoms with Crippen LogP contribution in [0.1, 0.15) is 54.4 Å². The number of ether oxygens (including phenoxy) is 6. The summed E-state index contributed by atoms with van der Waals surface area (Å²) < 4.78 is 112. The molecule has 0 fully saturated rings. The van der Waals surface area contributed by atoms with Gasteiger partial charge in [-0.15, -0.1) is 26.2 Å². The van der Waals surface area contributed by atoms with E-state index in [0.29, 0.717) is 24.7 Å². The van der Waals surface area contributed by atoms with Crippen LogP contribution in [0.15, 0.2) is 26.2 Å². The van der Waals surface area contributed by atoms with Gasteiger partial charge in [0.25, 0.3) is 0 Å². The number of rotatable bonds is 8. The van der Waals surface area contributed by atoms with Crippen molar-refractivity contribution < 1.29 is 82.4 Å². The number of carbonyl (C=O) groups excluding carboxylic acids is 6. The number of hydrogen-bond acceptors (Lipinski definition) is 18. The Kier molecular flexibility index (Phi) is 41.8. The molecule has 0 N–H and O–H groups in total. The summed E-state index contributed by atoms with van der Waals surface area (Å²) in [6.45, 7) is 11.7. The molecule has 0 aromatic heterocycles. The van der Waals surface area contributed by atoms with Gasteiger partial charge in [0.15, 0.2) is 0 Å². The van der Waals surface area contributed by atoms with E-state index >= 15 is 0 Å². The number of nitrogens with zero attached hydrogens (tertiary/aromatic N) is 6.